The third kappa shape index (κ3) is 2.85. The minimum absolute atomic E-state index is 0.486. The predicted molar refractivity (Wildman–Crippen MR) is 77.8 cm³/mol. The predicted octanol–water partition coefficient (Wildman–Crippen LogP) is 3.73. The maximum Gasteiger partial charge on any atom is 0.0578 e. The van der Waals surface area contributed by atoms with E-state index < -0.39 is 0 Å². The first-order valence-corrected chi connectivity index (χ1v) is 7.03. The summed E-state index contributed by atoms with van der Waals surface area (Å²) < 4.78 is 0. The van der Waals surface area contributed by atoms with E-state index in [1.807, 2.05) is 6.20 Å². The van der Waals surface area contributed by atoms with Crippen LogP contribution in [0, 0.1) is 6.92 Å². The van der Waals surface area contributed by atoms with Crippen molar-refractivity contribution in [2.45, 2.75) is 32.4 Å². The first kappa shape index (κ1) is 12.4. The van der Waals surface area contributed by atoms with Gasteiger partial charge < -0.3 is 0 Å². The molecule has 2 aromatic rings. The van der Waals surface area contributed by atoms with Crippen molar-refractivity contribution in [3.05, 3.63) is 65.5 Å². The van der Waals surface area contributed by atoms with Gasteiger partial charge in [0.05, 0.1) is 11.7 Å². The van der Waals surface area contributed by atoms with Crippen LogP contribution in [0.1, 0.15) is 35.7 Å². The zero-order valence-electron chi connectivity index (χ0n) is 11.4. The van der Waals surface area contributed by atoms with Crippen LogP contribution in [0.5, 0.6) is 0 Å². The highest BCUT2D eigenvalue weighted by Crippen LogP contribution is 2.32. The summed E-state index contributed by atoms with van der Waals surface area (Å²) in [5.41, 5.74) is 3.92. The fraction of sp³-hybridized carbons (Fsp3) is 0.353. The van der Waals surface area contributed by atoms with Crippen molar-refractivity contribution in [2.75, 3.05) is 6.54 Å². The Morgan fingerprint density at radius 3 is 2.84 bits per heavy atom. The maximum atomic E-state index is 4.57. The van der Waals surface area contributed by atoms with Gasteiger partial charge in [-0.1, -0.05) is 30.3 Å². The summed E-state index contributed by atoms with van der Waals surface area (Å²) in [4.78, 5) is 7.12. The van der Waals surface area contributed by atoms with Gasteiger partial charge in [-0.15, -0.1) is 0 Å². The summed E-state index contributed by atoms with van der Waals surface area (Å²) in [6.07, 6.45) is 4.43. The Labute approximate surface area is 115 Å². The molecule has 19 heavy (non-hydrogen) atoms. The van der Waals surface area contributed by atoms with E-state index in [2.05, 4.69) is 59.3 Å². The van der Waals surface area contributed by atoms with Gasteiger partial charge in [-0.25, -0.2) is 0 Å². The Bertz CT molecular complexity index is 536. The average molecular weight is 252 g/mol. The highest BCUT2D eigenvalue weighted by molar-refractivity contribution is 5.20. The zero-order chi connectivity index (χ0) is 13.1. The van der Waals surface area contributed by atoms with Crippen molar-refractivity contribution < 1.29 is 0 Å². The molecule has 1 aliphatic heterocycles. The number of nitrogens with zero attached hydrogens (tertiary/aromatic N) is 2. The van der Waals surface area contributed by atoms with Gasteiger partial charge in [-0.05, 0) is 49.6 Å². The van der Waals surface area contributed by atoms with Crippen LogP contribution in [0.15, 0.2) is 48.7 Å². The van der Waals surface area contributed by atoms with E-state index in [-0.39, 0.29) is 0 Å². The fourth-order valence-corrected chi connectivity index (χ4v) is 2.91. The summed E-state index contributed by atoms with van der Waals surface area (Å²) in [5, 5.41) is 0. The molecule has 0 aliphatic carbocycles. The fourth-order valence-electron chi connectivity index (χ4n) is 2.91. The second-order valence-electron chi connectivity index (χ2n) is 5.37. The quantitative estimate of drug-likeness (QED) is 0.827. The van der Waals surface area contributed by atoms with Crippen molar-refractivity contribution in [1.29, 1.82) is 0 Å². The lowest BCUT2D eigenvalue weighted by molar-refractivity contribution is 0.244. The van der Waals surface area contributed by atoms with E-state index in [4.69, 9.17) is 0 Å². The first-order chi connectivity index (χ1) is 9.33. The lowest BCUT2D eigenvalue weighted by Crippen LogP contribution is -2.23. The molecule has 0 radical (unpaired) electrons. The largest absolute Gasteiger partial charge is 0.291 e. The molecule has 0 bridgehead atoms. The van der Waals surface area contributed by atoms with Crippen LogP contribution in [0.25, 0.3) is 0 Å². The molecule has 2 heterocycles. The molecule has 1 aromatic carbocycles. The molecule has 0 unspecified atom stereocenters. The van der Waals surface area contributed by atoms with Crippen LogP contribution in [0.3, 0.4) is 0 Å². The van der Waals surface area contributed by atoms with Gasteiger partial charge in [0.25, 0.3) is 0 Å². The number of pyridine rings is 1. The van der Waals surface area contributed by atoms with E-state index in [9.17, 15) is 0 Å². The van der Waals surface area contributed by atoms with Gasteiger partial charge >= 0.3 is 0 Å². The molecule has 3 rings (SSSR count). The zero-order valence-corrected chi connectivity index (χ0v) is 11.4. The smallest absolute Gasteiger partial charge is 0.0578 e. The van der Waals surface area contributed by atoms with E-state index in [0.717, 1.165) is 6.54 Å². The van der Waals surface area contributed by atoms with Crippen LogP contribution >= 0.6 is 0 Å². The molecule has 2 heteroatoms. The summed E-state index contributed by atoms with van der Waals surface area (Å²) >= 11 is 0. The normalized spacial score (nSPS) is 19.7. The van der Waals surface area contributed by atoms with E-state index in [1.54, 1.807) is 0 Å². The van der Waals surface area contributed by atoms with Gasteiger partial charge in [0.1, 0.15) is 0 Å². The SMILES string of the molecule is Cc1ccnc([C@H]2CCCN2Cc2ccccc2)c1. The highest BCUT2D eigenvalue weighted by atomic mass is 15.2. The monoisotopic (exact) mass is 252 g/mol. The molecule has 2 nitrogen and oxygen atoms in total. The van der Waals surface area contributed by atoms with Gasteiger partial charge in [-0.2, -0.15) is 0 Å². The molecule has 98 valence electrons. The summed E-state index contributed by atoms with van der Waals surface area (Å²) in [6, 6.07) is 15.5. The number of aromatic nitrogens is 1. The lowest BCUT2D eigenvalue weighted by Gasteiger charge is -2.24. The third-order valence-electron chi connectivity index (χ3n) is 3.87. The second kappa shape index (κ2) is 5.54. The number of hydrogen-bond acceptors (Lipinski definition) is 2. The summed E-state index contributed by atoms with van der Waals surface area (Å²) in [5.74, 6) is 0. The van der Waals surface area contributed by atoms with E-state index >= 15 is 0 Å². The third-order valence-corrected chi connectivity index (χ3v) is 3.87. The second-order valence-corrected chi connectivity index (χ2v) is 5.37. The molecule has 0 saturated carbocycles. The number of benzene rings is 1. The molecule has 1 aliphatic rings. The molecular formula is C17H20N2. The van der Waals surface area contributed by atoms with Crippen molar-refractivity contribution in [3.63, 3.8) is 0 Å². The summed E-state index contributed by atoms with van der Waals surface area (Å²) in [7, 11) is 0. The number of aryl methyl sites for hydroxylation is 1. The molecule has 1 fully saturated rings. The van der Waals surface area contributed by atoms with Crippen molar-refractivity contribution in [1.82, 2.24) is 9.88 Å². The molecule has 0 spiro atoms. The van der Waals surface area contributed by atoms with Crippen molar-refractivity contribution in [3.8, 4) is 0 Å². The standard InChI is InChI=1S/C17H20N2/c1-14-9-10-18-16(12-14)17-8-5-11-19(17)13-15-6-3-2-4-7-15/h2-4,6-7,9-10,12,17H,5,8,11,13H2,1H3/t17-/m1/s1. The van der Waals surface area contributed by atoms with Crippen LogP contribution < -0.4 is 0 Å². The minimum atomic E-state index is 0.486. The minimum Gasteiger partial charge on any atom is -0.291 e. The van der Waals surface area contributed by atoms with Crippen LogP contribution in [0.2, 0.25) is 0 Å². The summed E-state index contributed by atoms with van der Waals surface area (Å²) in [6.45, 7) is 4.35. The molecule has 1 atom stereocenters. The molecule has 0 amide bonds. The van der Waals surface area contributed by atoms with Gasteiger partial charge in [0.2, 0.25) is 0 Å². The van der Waals surface area contributed by atoms with Gasteiger partial charge in [0, 0.05) is 12.7 Å². The lowest BCUT2D eigenvalue weighted by atomic mass is 10.1. The number of hydrogen-bond donors (Lipinski definition) is 0. The van der Waals surface area contributed by atoms with E-state index in [0.29, 0.717) is 6.04 Å². The molecule has 1 saturated heterocycles. The van der Waals surface area contributed by atoms with Gasteiger partial charge in [-0.3, -0.25) is 9.88 Å². The van der Waals surface area contributed by atoms with Crippen molar-refractivity contribution in [2.24, 2.45) is 0 Å². The molecule has 1 aromatic heterocycles. The topological polar surface area (TPSA) is 16.1 Å². The van der Waals surface area contributed by atoms with E-state index in [1.165, 1.54) is 36.2 Å². The molecule has 0 N–H and O–H groups in total. The Hall–Kier alpha value is -1.67. The average Bonchev–Trinajstić information content (AvgIpc) is 2.88. The van der Waals surface area contributed by atoms with Gasteiger partial charge in [0.15, 0.2) is 0 Å². The van der Waals surface area contributed by atoms with Crippen molar-refractivity contribution >= 4 is 0 Å². The Kier molecular flexibility index (Phi) is 3.60. The van der Waals surface area contributed by atoms with Crippen LogP contribution in [-0.2, 0) is 6.54 Å². The first-order valence-electron chi connectivity index (χ1n) is 7.03. The Balaban J connectivity index is 1.78. The maximum absolute atomic E-state index is 4.57. The van der Waals surface area contributed by atoms with Crippen LogP contribution in [-0.4, -0.2) is 16.4 Å². The Morgan fingerprint density at radius 1 is 1.21 bits per heavy atom. The molecular weight excluding hydrogens is 232 g/mol. The van der Waals surface area contributed by atoms with Crippen LogP contribution in [0.4, 0.5) is 0 Å². The number of likely N-dealkylation sites (tertiary alicyclic amines) is 1. The Morgan fingerprint density at radius 2 is 2.05 bits per heavy atom. The number of rotatable bonds is 3. The highest BCUT2D eigenvalue weighted by Gasteiger charge is 2.26.